The van der Waals surface area contributed by atoms with E-state index >= 15 is 0 Å². The van der Waals surface area contributed by atoms with Crippen LogP contribution in [0.2, 0.25) is 0 Å². The van der Waals surface area contributed by atoms with Crippen molar-refractivity contribution < 1.29 is 9.21 Å². The quantitative estimate of drug-likeness (QED) is 0.736. The molecule has 0 radical (unpaired) electrons. The molecule has 1 aromatic carbocycles. The van der Waals surface area contributed by atoms with Gasteiger partial charge in [-0.15, -0.1) is 10.2 Å². The van der Waals surface area contributed by atoms with Crippen LogP contribution in [0.4, 0.5) is 0 Å². The Hall–Kier alpha value is -2.21. The zero-order valence-electron chi connectivity index (χ0n) is 18.6. The van der Waals surface area contributed by atoms with Crippen LogP contribution in [0, 0.1) is 18.3 Å². The van der Waals surface area contributed by atoms with Gasteiger partial charge in [-0.2, -0.15) is 0 Å². The first-order valence-corrected chi connectivity index (χ1v) is 12.0. The molecule has 5 rings (SSSR count). The number of carbonyl (C=O) groups excluding carboxylic acids is 1. The lowest BCUT2D eigenvalue weighted by Gasteiger charge is -2.42. The van der Waals surface area contributed by atoms with Gasteiger partial charge in [-0.05, 0) is 56.8 Å². The molecule has 1 saturated carbocycles. The van der Waals surface area contributed by atoms with Crippen molar-refractivity contribution in [3.8, 4) is 0 Å². The van der Waals surface area contributed by atoms with Crippen LogP contribution in [0.1, 0.15) is 73.0 Å². The smallest absolute Gasteiger partial charge is 0.253 e. The third-order valence-corrected chi connectivity index (χ3v) is 7.89. The van der Waals surface area contributed by atoms with Crippen LogP contribution in [0.25, 0.3) is 0 Å². The first kappa shape index (κ1) is 20.7. The number of carbonyl (C=O) groups is 1. The third-order valence-electron chi connectivity index (χ3n) is 7.89. The average molecular weight is 423 g/mol. The van der Waals surface area contributed by atoms with Crippen LogP contribution in [0.5, 0.6) is 0 Å². The van der Waals surface area contributed by atoms with E-state index < -0.39 is 0 Å². The summed E-state index contributed by atoms with van der Waals surface area (Å²) >= 11 is 0. The summed E-state index contributed by atoms with van der Waals surface area (Å²) in [5.41, 5.74) is 0.793. The normalized spacial score (nSPS) is 24.7. The Morgan fingerprint density at radius 2 is 1.84 bits per heavy atom. The topological polar surface area (TPSA) is 62.5 Å². The van der Waals surface area contributed by atoms with E-state index in [1.54, 1.807) is 0 Å². The first-order valence-electron chi connectivity index (χ1n) is 12.0. The number of amides is 1. The lowest BCUT2D eigenvalue weighted by molar-refractivity contribution is 0.0650. The fraction of sp³-hybridized carbons (Fsp3) is 0.640. The fourth-order valence-electron chi connectivity index (χ4n) is 6.10. The molecular weight excluding hydrogens is 388 g/mol. The van der Waals surface area contributed by atoms with Crippen molar-refractivity contribution in [2.45, 2.75) is 57.8 Å². The molecule has 3 aliphatic rings. The van der Waals surface area contributed by atoms with Crippen molar-refractivity contribution in [3.05, 3.63) is 47.7 Å². The zero-order valence-corrected chi connectivity index (χ0v) is 18.6. The molecule has 1 aromatic heterocycles. The molecule has 0 N–H and O–H groups in total. The van der Waals surface area contributed by atoms with Crippen LogP contribution >= 0.6 is 0 Å². The Balaban J connectivity index is 1.32. The van der Waals surface area contributed by atoms with Gasteiger partial charge in [0.05, 0.1) is 5.92 Å². The fourth-order valence-corrected chi connectivity index (χ4v) is 6.10. The standard InChI is InChI=1S/C25H34N4O2/c1-19-26-27-23(31-19)22-17-29(24(30)21-10-6-3-7-11-21)18-25(22)12-14-28(15-13-25)16-20-8-4-2-5-9-20/h3,6-7,10-11,20,22H,2,4-5,8-9,12-18H2,1H3. The van der Waals surface area contributed by atoms with Crippen LogP contribution in [0.15, 0.2) is 34.7 Å². The third kappa shape index (κ3) is 4.27. The SMILES string of the molecule is Cc1nnc(C2CN(C(=O)c3ccccc3)CC23CCN(CC2CCCCC2)CC3)o1. The highest BCUT2D eigenvalue weighted by Crippen LogP contribution is 2.50. The summed E-state index contributed by atoms with van der Waals surface area (Å²) in [4.78, 5) is 17.9. The van der Waals surface area contributed by atoms with E-state index in [1.807, 2.05) is 42.2 Å². The molecule has 1 amide bonds. The van der Waals surface area contributed by atoms with E-state index in [0.29, 0.717) is 18.3 Å². The second kappa shape index (κ2) is 8.73. The Morgan fingerprint density at radius 3 is 2.52 bits per heavy atom. The molecule has 0 bridgehead atoms. The minimum Gasteiger partial charge on any atom is -0.425 e. The van der Waals surface area contributed by atoms with E-state index in [4.69, 9.17) is 4.42 Å². The van der Waals surface area contributed by atoms with E-state index in [9.17, 15) is 4.79 Å². The number of aryl methyl sites for hydroxylation is 1. The summed E-state index contributed by atoms with van der Waals surface area (Å²) in [5, 5.41) is 8.49. The van der Waals surface area contributed by atoms with Gasteiger partial charge < -0.3 is 14.2 Å². The number of rotatable bonds is 4. The number of benzene rings is 1. The maximum Gasteiger partial charge on any atom is 0.253 e. The van der Waals surface area contributed by atoms with E-state index in [2.05, 4.69) is 15.1 Å². The van der Waals surface area contributed by atoms with Gasteiger partial charge in [-0.3, -0.25) is 4.79 Å². The predicted octanol–water partition coefficient (Wildman–Crippen LogP) is 4.28. The van der Waals surface area contributed by atoms with Gasteiger partial charge in [0.25, 0.3) is 5.91 Å². The van der Waals surface area contributed by atoms with Crippen LogP contribution < -0.4 is 0 Å². The lowest BCUT2D eigenvalue weighted by atomic mass is 9.70. The highest BCUT2D eigenvalue weighted by molar-refractivity contribution is 5.94. The van der Waals surface area contributed by atoms with Crippen molar-refractivity contribution in [1.82, 2.24) is 20.0 Å². The molecule has 3 heterocycles. The summed E-state index contributed by atoms with van der Waals surface area (Å²) in [6, 6.07) is 9.63. The summed E-state index contributed by atoms with van der Waals surface area (Å²) in [6.45, 7) is 6.74. The molecule has 1 atom stereocenters. The van der Waals surface area contributed by atoms with Gasteiger partial charge in [-0.1, -0.05) is 37.5 Å². The number of likely N-dealkylation sites (tertiary alicyclic amines) is 2. The van der Waals surface area contributed by atoms with Crippen molar-refractivity contribution in [2.75, 3.05) is 32.7 Å². The van der Waals surface area contributed by atoms with Crippen molar-refractivity contribution in [1.29, 1.82) is 0 Å². The first-order chi connectivity index (χ1) is 15.1. The average Bonchev–Trinajstić information content (AvgIpc) is 3.40. The van der Waals surface area contributed by atoms with E-state index in [0.717, 1.165) is 44.0 Å². The number of aromatic nitrogens is 2. The van der Waals surface area contributed by atoms with E-state index in [-0.39, 0.29) is 17.2 Å². The Morgan fingerprint density at radius 1 is 1.10 bits per heavy atom. The van der Waals surface area contributed by atoms with Crippen LogP contribution in [-0.2, 0) is 0 Å². The number of nitrogens with zero attached hydrogens (tertiary/aromatic N) is 4. The van der Waals surface area contributed by atoms with Gasteiger partial charge >= 0.3 is 0 Å². The molecule has 1 aliphatic carbocycles. The molecule has 166 valence electrons. The van der Waals surface area contributed by atoms with E-state index in [1.165, 1.54) is 38.6 Å². The highest BCUT2D eigenvalue weighted by Gasteiger charge is 2.52. The van der Waals surface area contributed by atoms with Crippen molar-refractivity contribution >= 4 is 5.91 Å². The molecular formula is C25H34N4O2. The van der Waals surface area contributed by atoms with Gasteiger partial charge in [0.1, 0.15) is 0 Å². The Labute approximate surface area is 185 Å². The molecule has 1 spiro atoms. The van der Waals surface area contributed by atoms with Gasteiger partial charge in [0.2, 0.25) is 11.8 Å². The second-order valence-electron chi connectivity index (χ2n) is 9.93. The largest absolute Gasteiger partial charge is 0.425 e. The van der Waals surface area contributed by atoms with Gasteiger partial charge in [0, 0.05) is 37.5 Å². The Kier molecular flexibility index (Phi) is 5.83. The monoisotopic (exact) mass is 422 g/mol. The zero-order chi connectivity index (χ0) is 21.3. The molecule has 3 fully saturated rings. The molecule has 31 heavy (non-hydrogen) atoms. The van der Waals surface area contributed by atoms with Crippen molar-refractivity contribution in [3.63, 3.8) is 0 Å². The molecule has 1 unspecified atom stereocenters. The van der Waals surface area contributed by atoms with Crippen molar-refractivity contribution in [2.24, 2.45) is 11.3 Å². The maximum atomic E-state index is 13.2. The predicted molar refractivity (Wildman–Crippen MR) is 119 cm³/mol. The van der Waals surface area contributed by atoms with Gasteiger partial charge in [-0.25, -0.2) is 0 Å². The van der Waals surface area contributed by atoms with Gasteiger partial charge in [0.15, 0.2) is 0 Å². The number of hydrogen-bond donors (Lipinski definition) is 0. The van der Waals surface area contributed by atoms with Crippen LogP contribution in [0.3, 0.4) is 0 Å². The minimum absolute atomic E-state index is 0.0342. The minimum atomic E-state index is 0.0342. The summed E-state index contributed by atoms with van der Waals surface area (Å²) in [5.74, 6) is 2.42. The number of piperidine rings is 1. The van der Waals surface area contributed by atoms with Crippen LogP contribution in [-0.4, -0.2) is 58.6 Å². The molecule has 6 heteroatoms. The second-order valence-corrected chi connectivity index (χ2v) is 9.93. The molecule has 6 nitrogen and oxygen atoms in total. The Bertz CT molecular complexity index is 882. The number of hydrogen-bond acceptors (Lipinski definition) is 5. The lowest BCUT2D eigenvalue weighted by Crippen LogP contribution is -2.45. The molecule has 2 aliphatic heterocycles. The summed E-state index contributed by atoms with van der Waals surface area (Å²) < 4.78 is 5.90. The maximum absolute atomic E-state index is 13.2. The molecule has 2 aromatic rings. The highest BCUT2D eigenvalue weighted by atomic mass is 16.4. The summed E-state index contributed by atoms with van der Waals surface area (Å²) in [7, 11) is 0. The molecule has 2 saturated heterocycles. The summed E-state index contributed by atoms with van der Waals surface area (Å²) in [6.07, 6.45) is 9.18.